The first-order valence-electron chi connectivity index (χ1n) is 9.98. The quantitative estimate of drug-likeness (QED) is 0.268. The monoisotopic (exact) mass is 463 g/mol. The van der Waals surface area contributed by atoms with Gasteiger partial charge in [0, 0.05) is 21.5 Å². The summed E-state index contributed by atoms with van der Waals surface area (Å²) in [4.78, 5) is 4.94. The van der Waals surface area contributed by atoms with Gasteiger partial charge in [0.15, 0.2) is 0 Å². The molecule has 0 aliphatic heterocycles. The van der Waals surface area contributed by atoms with Crippen LogP contribution in [0.5, 0.6) is 5.75 Å². The highest BCUT2D eigenvalue weighted by Gasteiger charge is 2.18. The minimum absolute atomic E-state index is 0. The highest BCUT2D eigenvalue weighted by atomic mass is 35.5. The number of fused-ring (bicyclic) bond motifs is 2. The number of pyridine rings is 1. The first kappa shape index (κ1) is 22.1. The topological polar surface area (TPSA) is 22.1 Å². The van der Waals surface area contributed by atoms with Crippen LogP contribution in [0.25, 0.3) is 44.1 Å². The highest BCUT2D eigenvalue weighted by Crippen LogP contribution is 2.39. The zero-order valence-corrected chi connectivity index (χ0v) is 19.1. The van der Waals surface area contributed by atoms with Gasteiger partial charge in [-0.3, -0.25) is 0 Å². The molecular weight excluding hydrogens is 444 g/mol. The first-order chi connectivity index (χ1) is 15.0. The van der Waals surface area contributed by atoms with Crippen LogP contribution in [-0.4, -0.2) is 12.1 Å². The molecule has 160 valence electrons. The van der Waals surface area contributed by atoms with E-state index in [2.05, 4.69) is 12.1 Å². The summed E-state index contributed by atoms with van der Waals surface area (Å²) in [5, 5.41) is 3.61. The van der Waals surface area contributed by atoms with E-state index in [4.69, 9.17) is 21.3 Å². The number of ether oxygens (including phenoxy) is 1. The fourth-order valence-electron chi connectivity index (χ4n) is 4.12. The molecule has 5 rings (SSSR count). The Kier molecular flexibility index (Phi) is 6.05. The number of methoxy groups -OCH3 is 1. The van der Waals surface area contributed by atoms with Gasteiger partial charge in [-0.1, -0.05) is 48.0 Å². The van der Waals surface area contributed by atoms with Crippen LogP contribution in [0.15, 0.2) is 78.9 Å². The molecular formula is C27H20Cl2FNO. The maximum atomic E-state index is 14.8. The normalized spacial score (nSPS) is 10.9. The number of halogens is 3. The van der Waals surface area contributed by atoms with Gasteiger partial charge in [-0.05, 0) is 71.3 Å². The van der Waals surface area contributed by atoms with Crippen LogP contribution < -0.4 is 4.74 Å². The molecule has 4 aromatic carbocycles. The standard InChI is InChI=1S/C27H19ClFNO.ClH/c1-16-26(22-5-3-4-6-24(22)29)23-15-20(28)10-12-25(23)30-27(16)19-8-7-18-14-21(31-2)11-9-17(18)13-19;/h3-15H,1-2H3;1H. The van der Waals surface area contributed by atoms with E-state index in [1.54, 1.807) is 19.2 Å². The number of rotatable bonds is 3. The summed E-state index contributed by atoms with van der Waals surface area (Å²) in [6.45, 7) is 1.99. The fraction of sp³-hybridized carbons (Fsp3) is 0.0741. The van der Waals surface area contributed by atoms with Gasteiger partial charge in [0.05, 0.1) is 18.3 Å². The van der Waals surface area contributed by atoms with Crippen molar-refractivity contribution in [1.82, 2.24) is 4.98 Å². The molecule has 0 fully saturated rings. The molecule has 0 radical (unpaired) electrons. The molecule has 2 nitrogen and oxygen atoms in total. The Balaban J connectivity index is 0.00000245. The molecule has 0 aliphatic rings. The minimum atomic E-state index is -0.269. The van der Waals surface area contributed by atoms with Gasteiger partial charge in [-0.2, -0.15) is 0 Å². The molecule has 0 spiro atoms. The molecule has 0 N–H and O–H groups in total. The summed E-state index contributed by atoms with van der Waals surface area (Å²) >= 11 is 6.29. The molecule has 0 saturated heterocycles. The Morgan fingerprint density at radius 1 is 0.875 bits per heavy atom. The summed E-state index contributed by atoms with van der Waals surface area (Å²) in [7, 11) is 1.66. The average Bonchev–Trinajstić information content (AvgIpc) is 2.79. The number of nitrogens with zero attached hydrogens (tertiary/aromatic N) is 1. The maximum Gasteiger partial charge on any atom is 0.131 e. The zero-order valence-electron chi connectivity index (χ0n) is 17.5. The summed E-state index contributed by atoms with van der Waals surface area (Å²) in [6, 6.07) is 24.6. The number of hydrogen-bond acceptors (Lipinski definition) is 2. The van der Waals surface area contributed by atoms with Crippen molar-refractivity contribution in [3.05, 3.63) is 95.3 Å². The Hall–Kier alpha value is -3.14. The highest BCUT2D eigenvalue weighted by molar-refractivity contribution is 6.31. The van der Waals surface area contributed by atoms with Crippen LogP contribution >= 0.6 is 24.0 Å². The van der Waals surface area contributed by atoms with E-state index < -0.39 is 0 Å². The van der Waals surface area contributed by atoms with Crippen LogP contribution in [-0.2, 0) is 0 Å². The lowest BCUT2D eigenvalue weighted by molar-refractivity contribution is 0.415. The second-order valence-corrected chi connectivity index (χ2v) is 7.97. The average molecular weight is 464 g/mol. The lowest BCUT2D eigenvalue weighted by Gasteiger charge is -2.16. The van der Waals surface area contributed by atoms with Gasteiger partial charge in [0.2, 0.25) is 0 Å². The van der Waals surface area contributed by atoms with E-state index in [9.17, 15) is 4.39 Å². The fourth-order valence-corrected chi connectivity index (χ4v) is 4.29. The smallest absolute Gasteiger partial charge is 0.131 e. The summed E-state index contributed by atoms with van der Waals surface area (Å²) in [5.74, 6) is 0.550. The molecule has 5 aromatic rings. The van der Waals surface area contributed by atoms with Crippen LogP contribution in [0.2, 0.25) is 5.02 Å². The number of benzene rings is 4. The number of aromatic nitrogens is 1. The van der Waals surface area contributed by atoms with E-state index >= 15 is 0 Å². The predicted octanol–water partition coefficient (Wildman–Crippen LogP) is 8.25. The molecule has 0 bridgehead atoms. The van der Waals surface area contributed by atoms with Crippen LogP contribution in [0.3, 0.4) is 0 Å². The van der Waals surface area contributed by atoms with E-state index in [1.165, 1.54) is 6.07 Å². The molecule has 0 amide bonds. The van der Waals surface area contributed by atoms with Gasteiger partial charge in [0.25, 0.3) is 0 Å². The van der Waals surface area contributed by atoms with Crippen LogP contribution in [0, 0.1) is 12.7 Å². The van der Waals surface area contributed by atoms with Crippen LogP contribution in [0.4, 0.5) is 4.39 Å². The van der Waals surface area contributed by atoms with Crippen molar-refractivity contribution in [3.8, 4) is 28.1 Å². The minimum Gasteiger partial charge on any atom is -0.497 e. The van der Waals surface area contributed by atoms with Crippen molar-refractivity contribution in [3.63, 3.8) is 0 Å². The van der Waals surface area contributed by atoms with E-state index in [1.807, 2.05) is 55.5 Å². The van der Waals surface area contributed by atoms with Crippen molar-refractivity contribution in [2.75, 3.05) is 7.11 Å². The van der Waals surface area contributed by atoms with Gasteiger partial charge in [0.1, 0.15) is 11.6 Å². The van der Waals surface area contributed by atoms with Crippen molar-refractivity contribution in [2.45, 2.75) is 6.92 Å². The van der Waals surface area contributed by atoms with Crippen molar-refractivity contribution in [1.29, 1.82) is 0 Å². The van der Waals surface area contributed by atoms with E-state index in [0.29, 0.717) is 10.6 Å². The molecule has 5 heteroatoms. The van der Waals surface area contributed by atoms with E-state index in [0.717, 1.165) is 49.8 Å². The Bertz CT molecular complexity index is 1470. The number of hydrogen-bond donors (Lipinski definition) is 0. The Morgan fingerprint density at radius 2 is 1.62 bits per heavy atom. The SMILES string of the molecule is COc1ccc2cc(-c3nc4ccc(Cl)cc4c(-c4ccccc4F)c3C)ccc2c1.Cl. The maximum absolute atomic E-state index is 14.8. The lowest BCUT2D eigenvalue weighted by Crippen LogP contribution is -1.97. The van der Waals surface area contributed by atoms with Crippen molar-refractivity contribution >= 4 is 45.7 Å². The largest absolute Gasteiger partial charge is 0.497 e. The Morgan fingerprint density at radius 3 is 2.41 bits per heavy atom. The van der Waals surface area contributed by atoms with Crippen molar-refractivity contribution < 1.29 is 9.13 Å². The molecule has 1 heterocycles. The lowest BCUT2D eigenvalue weighted by atomic mass is 9.92. The summed E-state index contributed by atoms with van der Waals surface area (Å²) < 4.78 is 20.2. The third-order valence-corrected chi connectivity index (χ3v) is 5.89. The molecule has 0 aliphatic carbocycles. The third kappa shape index (κ3) is 3.79. The third-order valence-electron chi connectivity index (χ3n) is 5.65. The second-order valence-electron chi connectivity index (χ2n) is 7.53. The van der Waals surface area contributed by atoms with Gasteiger partial charge < -0.3 is 4.74 Å². The molecule has 0 saturated carbocycles. The second kappa shape index (κ2) is 8.78. The Labute approximate surface area is 197 Å². The zero-order chi connectivity index (χ0) is 21.5. The van der Waals surface area contributed by atoms with Gasteiger partial charge in [-0.15, -0.1) is 12.4 Å². The predicted molar refractivity (Wildman–Crippen MR) is 134 cm³/mol. The van der Waals surface area contributed by atoms with Gasteiger partial charge >= 0.3 is 0 Å². The molecule has 1 aromatic heterocycles. The van der Waals surface area contributed by atoms with Crippen molar-refractivity contribution in [2.24, 2.45) is 0 Å². The summed E-state index contributed by atoms with van der Waals surface area (Å²) in [6.07, 6.45) is 0. The molecule has 32 heavy (non-hydrogen) atoms. The van der Waals surface area contributed by atoms with Crippen LogP contribution in [0.1, 0.15) is 5.56 Å². The molecule has 0 unspecified atom stereocenters. The summed E-state index contributed by atoms with van der Waals surface area (Å²) in [5.41, 5.74) is 4.85. The molecule has 0 atom stereocenters. The van der Waals surface area contributed by atoms with Gasteiger partial charge in [-0.25, -0.2) is 9.37 Å². The first-order valence-corrected chi connectivity index (χ1v) is 10.4. The van der Waals surface area contributed by atoms with E-state index in [-0.39, 0.29) is 18.2 Å².